The van der Waals surface area contributed by atoms with Crippen LogP contribution in [0, 0.1) is 17.0 Å². The van der Waals surface area contributed by atoms with Gasteiger partial charge in [-0.3, -0.25) is 15.1 Å². The predicted octanol–water partition coefficient (Wildman–Crippen LogP) is 3.58. The number of pyridine rings is 1. The predicted molar refractivity (Wildman–Crippen MR) is 67.0 cm³/mol. The molecule has 0 radical (unpaired) electrons. The number of hydrogen-bond acceptors (Lipinski definition) is 3. The molecule has 4 nitrogen and oxygen atoms in total. The summed E-state index contributed by atoms with van der Waals surface area (Å²) in [6, 6.07) is 1.67. The maximum absolute atomic E-state index is 11.0. The van der Waals surface area contributed by atoms with Crippen LogP contribution < -0.4 is 0 Å². The van der Waals surface area contributed by atoms with Crippen molar-refractivity contribution in [3.05, 3.63) is 33.6 Å². The number of aromatic nitrogens is 1. The summed E-state index contributed by atoms with van der Waals surface area (Å²) in [6.45, 7) is 5.74. The smallest absolute Gasteiger partial charge is 0.258 e. The lowest BCUT2D eigenvalue weighted by atomic mass is 9.96. The van der Waals surface area contributed by atoms with Crippen LogP contribution >= 0.6 is 15.9 Å². The normalized spacial score (nSPS) is 14.5. The molecule has 1 heterocycles. The molecular formula is C11H15BrN2O2. The molecule has 0 saturated heterocycles. The first-order valence-electron chi connectivity index (χ1n) is 5.23. The van der Waals surface area contributed by atoms with E-state index in [1.165, 1.54) is 0 Å². The van der Waals surface area contributed by atoms with Crippen LogP contribution in [0.25, 0.3) is 0 Å². The highest BCUT2D eigenvalue weighted by molar-refractivity contribution is 9.09. The number of hydrogen-bond donors (Lipinski definition) is 0. The monoisotopic (exact) mass is 286 g/mol. The van der Waals surface area contributed by atoms with Crippen molar-refractivity contribution >= 4 is 21.6 Å². The average Bonchev–Trinajstić information content (AvgIpc) is 2.17. The fourth-order valence-electron chi connectivity index (χ4n) is 1.82. The molecule has 0 N–H and O–H groups in total. The zero-order valence-corrected chi connectivity index (χ0v) is 11.2. The number of rotatable bonds is 4. The first-order chi connectivity index (χ1) is 7.49. The van der Waals surface area contributed by atoms with Gasteiger partial charge in [-0.2, -0.15) is 0 Å². The molecule has 5 heteroatoms. The zero-order valence-electron chi connectivity index (χ0n) is 9.61. The zero-order chi connectivity index (χ0) is 12.3. The van der Waals surface area contributed by atoms with E-state index in [2.05, 4.69) is 20.9 Å². The van der Waals surface area contributed by atoms with Gasteiger partial charge in [-0.05, 0) is 19.4 Å². The van der Waals surface area contributed by atoms with Gasteiger partial charge in [-0.15, -0.1) is 0 Å². The van der Waals surface area contributed by atoms with Gasteiger partial charge in [-0.1, -0.05) is 29.8 Å². The minimum Gasteiger partial charge on any atom is -0.258 e. The first kappa shape index (κ1) is 13.1. The van der Waals surface area contributed by atoms with E-state index in [9.17, 15) is 10.1 Å². The Balaban J connectivity index is 3.31. The second-order valence-electron chi connectivity index (χ2n) is 3.81. The molecule has 0 bridgehead atoms. The minimum absolute atomic E-state index is 0.0697. The number of nitrogens with zero attached hydrogens (tertiary/aromatic N) is 2. The van der Waals surface area contributed by atoms with Crippen LogP contribution in [0.5, 0.6) is 0 Å². The number of aryl methyl sites for hydroxylation is 1. The average molecular weight is 287 g/mol. The Labute approximate surface area is 103 Å². The topological polar surface area (TPSA) is 56.0 Å². The van der Waals surface area contributed by atoms with Crippen LogP contribution in [-0.4, -0.2) is 14.7 Å². The van der Waals surface area contributed by atoms with Crippen molar-refractivity contribution in [1.29, 1.82) is 0 Å². The van der Waals surface area contributed by atoms with E-state index in [1.54, 1.807) is 19.2 Å². The molecule has 2 unspecified atom stereocenters. The van der Waals surface area contributed by atoms with Crippen molar-refractivity contribution in [2.75, 3.05) is 0 Å². The lowest BCUT2D eigenvalue weighted by molar-refractivity contribution is -0.386. The molecule has 0 aliphatic carbocycles. The van der Waals surface area contributed by atoms with Crippen molar-refractivity contribution < 1.29 is 4.92 Å². The van der Waals surface area contributed by atoms with Crippen LogP contribution in [0.3, 0.4) is 0 Å². The Morgan fingerprint density at radius 3 is 2.69 bits per heavy atom. The Morgan fingerprint density at radius 2 is 2.25 bits per heavy atom. The summed E-state index contributed by atoms with van der Waals surface area (Å²) in [7, 11) is 0. The number of nitro groups is 1. The molecular weight excluding hydrogens is 272 g/mol. The Kier molecular flexibility index (Phi) is 4.41. The van der Waals surface area contributed by atoms with E-state index in [4.69, 9.17) is 0 Å². The van der Waals surface area contributed by atoms with E-state index in [0.29, 0.717) is 11.3 Å². The third-order valence-corrected chi connectivity index (χ3v) is 3.32. The van der Waals surface area contributed by atoms with Crippen molar-refractivity contribution in [3.63, 3.8) is 0 Å². The lowest BCUT2D eigenvalue weighted by Gasteiger charge is -2.17. The molecule has 0 aromatic carbocycles. The molecule has 1 aromatic heterocycles. The summed E-state index contributed by atoms with van der Waals surface area (Å²) in [6.07, 6.45) is 2.46. The molecule has 1 aromatic rings. The third-order valence-electron chi connectivity index (χ3n) is 2.68. The van der Waals surface area contributed by atoms with Gasteiger partial charge in [0.25, 0.3) is 5.69 Å². The van der Waals surface area contributed by atoms with E-state index in [1.807, 2.05) is 13.8 Å². The summed E-state index contributed by atoms with van der Waals surface area (Å²) < 4.78 is 0. The summed E-state index contributed by atoms with van der Waals surface area (Å²) in [5, 5.41) is 11.0. The van der Waals surface area contributed by atoms with Crippen molar-refractivity contribution in [1.82, 2.24) is 4.98 Å². The number of alkyl halides is 1. The maximum Gasteiger partial charge on any atom is 0.293 e. The van der Waals surface area contributed by atoms with E-state index in [-0.39, 0.29) is 21.4 Å². The Morgan fingerprint density at radius 1 is 1.62 bits per heavy atom. The van der Waals surface area contributed by atoms with Gasteiger partial charge < -0.3 is 0 Å². The molecule has 0 amide bonds. The van der Waals surface area contributed by atoms with Crippen molar-refractivity contribution in [3.8, 4) is 0 Å². The second-order valence-corrected chi connectivity index (χ2v) is 5.26. The summed E-state index contributed by atoms with van der Waals surface area (Å²) in [5.41, 5.74) is 1.40. The first-order valence-corrected chi connectivity index (χ1v) is 6.14. The summed E-state index contributed by atoms with van der Waals surface area (Å²) in [4.78, 5) is 15.1. The maximum atomic E-state index is 11.0. The van der Waals surface area contributed by atoms with Crippen molar-refractivity contribution in [2.45, 2.75) is 37.9 Å². The van der Waals surface area contributed by atoms with Crippen LogP contribution in [0.15, 0.2) is 12.3 Å². The second kappa shape index (κ2) is 5.39. The lowest BCUT2D eigenvalue weighted by Crippen LogP contribution is -2.13. The van der Waals surface area contributed by atoms with Crippen LogP contribution in [-0.2, 0) is 0 Å². The van der Waals surface area contributed by atoms with Gasteiger partial charge in [0, 0.05) is 22.5 Å². The van der Waals surface area contributed by atoms with Gasteiger partial charge in [0.2, 0.25) is 0 Å². The van der Waals surface area contributed by atoms with Crippen LogP contribution in [0.2, 0.25) is 0 Å². The van der Waals surface area contributed by atoms with Crippen molar-refractivity contribution in [2.24, 2.45) is 0 Å². The largest absolute Gasteiger partial charge is 0.293 e. The molecule has 0 aliphatic rings. The van der Waals surface area contributed by atoms with Crippen LogP contribution in [0.1, 0.15) is 37.4 Å². The van der Waals surface area contributed by atoms with E-state index in [0.717, 1.165) is 6.42 Å². The highest BCUT2D eigenvalue weighted by Gasteiger charge is 2.27. The van der Waals surface area contributed by atoms with Gasteiger partial charge >= 0.3 is 0 Å². The molecule has 16 heavy (non-hydrogen) atoms. The highest BCUT2D eigenvalue weighted by Crippen LogP contribution is 2.34. The van der Waals surface area contributed by atoms with Gasteiger partial charge in [0.1, 0.15) is 5.69 Å². The fourth-order valence-corrected chi connectivity index (χ4v) is 2.44. The molecule has 0 saturated carbocycles. The summed E-state index contributed by atoms with van der Waals surface area (Å²) >= 11 is 3.48. The third kappa shape index (κ3) is 2.58. The quantitative estimate of drug-likeness (QED) is 0.483. The van der Waals surface area contributed by atoms with Gasteiger partial charge in [0.05, 0.1) is 4.92 Å². The molecule has 0 spiro atoms. The molecule has 0 fully saturated rings. The van der Waals surface area contributed by atoms with Crippen LogP contribution in [0.4, 0.5) is 5.69 Å². The number of halogens is 1. The van der Waals surface area contributed by atoms with E-state index >= 15 is 0 Å². The fraction of sp³-hybridized carbons (Fsp3) is 0.545. The summed E-state index contributed by atoms with van der Waals surface area (Å²) in [5.74, 6) is 0.0697. The SMILES string of the molecule is CCC(c1nccc(C)c1[N+](=O)[O-])C(C)Br. The minimum atomic E-state index is -0.338. The molecule has 0 aliphatic heterocycles. The van der Waals surface area contributed by atoms with Gasteiger partial charge in [-0.25, -0.2) is 0 Å². The Bertz CT molecular complexity index is 394. The van der Waals surface area contributed by atoms with E-state index < -0.39 is 0 Å². The standard InChI is InChI=1S/C11H15BrN2O2/c1-4-9(8(3)12)10-11(14(15)16)7(2)5-6-13-10/h5-6,8-9H,4H2,1-3H3. The van der Waals surface area contributed by atoms with Gasteiger partial charge in [0.15, 0.2) is 0 Å². The molecule has 1 rings (SSSR count). The highest BCUT2D eigenvalue weighted by atomic mass is 79.9. The Hall–Kier alpha value is -0.970. The molecule has 2 atom stereocenters. The molecule has 88 valence electrons.